The van der Waals surface area contributed by atoms with Crippen molar-refractivity contribution >= 4 is 58.3 Å². The highest BCUT2D eigenvalue weighted by atomic mass is 35.5. The van der Waals surface area contributed by atoms with Crippen LogP contribution in [0.2, 0.25) is 5.02 Å². The van der Waals surface area contributed by atoms with E-state index in [0.717, 1.165) is 22.2 Å². The second kappa shape index (κ2) is 8.60. The van der Waals surface area contributed by atoms with Crippen molar-refractivity contribution in [2.24, 2.45) is 0 Å². The standard InChI is InChI=1S/C16H17ClN2O3S2/c1-10(23-2)14(20)18-7-8-19-15(21)13(24-16(19)22)9-11-3-5-12(17)6-4-11/h3-6,9-10H,7-8H2,1-2H3,(H,18,20)/b13-9-. The zero-order valence-electron chi connectivity index (χ0n) is 13.2. The molecule has 5 nitrogen and oxygen atoms in total. The summed E-state index contributed by atoms with van der Waals surface area (Å²) in [6.07, 6.45) is 3.51. The third-order valence-corrected chi connectivity index (χ3v) is 5.48. The molecule has 0 spiro atoms. The summed E-state index contributed by atoms with van der Waals surface area (Å²) in [5.41, 5.74) is 0.798. The number of benzene rings is 1. The Labute approximate surface area is 154 Å². The number of halogens is 1. The Morgan fingerprint density at radius 1 is 1.38 bits per heavy atom. The van der Waals surface area contributed by atoms with Crippen LogP contribution >= 0.6 is 35.1 Å². The highest BCUT2D eigenvalue weighted by Crippen LogP contribution is 2.32. The molecule has 24 heavy (non-hydrogen) atoms. The van der Waals surface area contributed by atoms with Crippen molar-refractivity contribution in [2.75, 3.05) is 19.3 Å². The second-order valence-electron chi connectivity index (χ2n) is 5.05. The van der Waals surface area contributed by atoms with Crippen LogP contribution in [0.4, 0.5) is 4.79 Å². The van der Waals surface area contributed by atoms with Crippen LogP contribution in [0.5, 0.6) is 0 Å². The van der Waals surface area contributed by atoms with Gasteiger partial charge in [0.2, 0.25) is 5.91 Å². The van der Waals surface area contributed by atoms with Crippen LogP contribution in [0.1, 0.15) is 12.5 Å². The van der Waals surface area contributed by atoms with E-state index in [-0.39, 0.29) is 35.4 Å². The molecular formula is C16H17ClN2O3S2. The molecule has 1 fully saturated rings. The predicted molar refractivity (Wildman–Crippen MR) is 100 cm³/mol. The van der Waals surface area contributed by atoms with Crippen LogP contribution in [0, 0.1) is 0 Å². The molecule has 1 unspecified atom stereocenters. The number of carbonyl (C=O) groups excluding carboxylic acids is 3. The number of carbonyl (C=O) groups is 3. The number of nitrogens with one attached hydrogen (secondary N) is 1. The first kappa shape index (κ1) is 18.9. The van der Waals surface area contributed by atoms with Gasteiger partial charge in [0, 0.05) is 18.1 Å². The predicted octanol–water partition coefficient (Wildman–Crippen LogP) is 3.24. The molecule has 0 saturated carbocycles. The summed E-state index contributed by atoms with van der Waals surface area (Å²) >= 11 is 8.16. The van der Waals surface area contributed by atoms with Gasteiger partial charge in [0.25, 0.3) is 11.1 Å². The first-order valence-electron chi connectivity index (χ1n) is 7.24. The van der Waals surface area contributed by atoms with Crippen molar-refractivity contribution in [3.8, 4) is 0 Å². The number of nitrogens with zero attached hydrogens (tertiary/aromatic N) is 1. The molecule has 0 bridgehead atoms. The van der Waals surface area contributed by atoms with Gasteiger partial charge in [-0.15, -0.1) is 0 Å². The largest absolute Gasteiger partial charge is 0.353 e. The number of hydrogen-bond donors (Lipinski definition) is 1. The third kappa shape index (κ3) is 4.78. The highest BCUT2D eigenvalue weighted by molar-refractivity contribution is 8.18. The maximum absolute atomic E-state index is 12.3. The minimum atomic E-state index is -0.341. The van der Waals surface area contributed by atoms with Gasteiger partial charge >= 0.3 is 0 Å². The van der Waals surface area contributed by atoms with E-state index in [4.69, 9.17) is 11.6 Å². The molecule has 1 aliphatic heterocycles. The topological polar surface area (TPSA) is 66.5 Å². The molecule has 128 valence electrons. The van der Waals surface area contributed by atoms with Crippen LogP contribution in [0.15, 0.2) is 29.2 Å². The monoisotopic (exact) mass is 384 g/mol. The first-order valence-corrected chi connectivity index (χ1v) is 9.72. The Morgan fingerprint density at radius 2 is 2.04 bits per heavy atom. The van der Waals surface area contributed by atoms with E-state index in [0.29, 0.717) is 9.93 Å². The third-order valence-electron chi connectivity index (χ3n) is 3.40. The Balaban J connectivity index is 1.96. The van der Waals surface area contributed by atoms with Gasteiger partial charge < -0.3 is 5.32 Å². The first-order chi connectivity index (χ1) is 11.4. The van der Waals surface area contributed by atoms with Crippen LogP contribution in [-0.2, 0) is 9.59 Å². The van der Waals surface area contributed by atoms with Gasteiger partial charge in [-0.3, -0.25) is 19.3 Å². The lowest BCUT2D eigenvalue weighted by atomic mass is 10.2. The van der Waals surface area contributed by atoms with Gasteiger partial charge in [-0.2, -0.15) is 11.8 Å². The smallest absolute Gasteiger partial charge is 0.293 e. The molecule has 2 rings (SSSR count). The molecule has 0 radical (unpaired) electrons. The maximum Gasteiger partial charge on any atom is 0.293 e. The summed E-state index contributed by atoms with van der Waals surface area (Å²) in [5, 5.41) is 2.84. The number of hydrogen-bond acceptors (Lipinski definition) is 5. The summed E-state index contributed by atoms with van der Waals surface area (Å²) in [6.45, 7) is 2.21. The molecule has 1 aromatic carbocycles. The van der Waals surface area contributed by atoms with Gasteiger partial charge in [-0.1, -0.05) is 23.7 Å². The lowest BCUT2D eigenvalue weighted by Gasteiger charge is -2.14. The van der Waals surface area contributed by atoms with Crippen molar-refractivity contribution in [2.45, 2.75) is 12.2 Å². The molecule has 1 heterocycles. The second-order valence-corrected chi connectivity index (χ2v) is 7.66. The van der Waals surface area contributed by atoms with E-state index in [1.54, 1.807) is 37.3 Å². The van der Waals surface area contributed by atoms with Crippen LogP contribution in [-0.4, -0.2) is 46.5 Å². The van der Waals surface area contributed by atoms with Crippen molar-refractivity contribution in [1.29, 1.82) is 0 Å². The Morgan fingerprint density at radius 3 is 2.67 bits per heavy atom. The molecule has 8 heteroatoms. The van der Waals surface area contributed by atoms with Crippen LogP contribution in [0.3, 0.4) is 0 Å². The van der Waals surface area contributed by atoms with E-state index < -0.39 is 0 Å². The average molecular weight is 385 g/mol. The number of rotatable bonds is 6. The number of imide groups is 1. The number of amides is 3. The summed E-state index contributed by atoms with van der Waals surface area (Å²) in [5.74, 6) is -0.446. The van der Waals surface area contributed by atoms with E-state index in [9.17, 15) is 14.4 Å². The van der Waals surface area contributed by atoms with E-state index in [1.165, 1.54) is 11.8 Å². The quantitative estimate of drug-likeness (QED) is 0.762. The normalized spacial score (nSPS) is 17.5. The van der Waals surface area contributed by atoms with E-state index in [2.05, 4.69) is 5.32 Å². The van der Waals surface area contributed by atoms with E-state index >= 15 is 0 Å². The van der Waals surface area contributed by atoms with Gasteiger partial charge in [0.15, 0.2) is 0 Å². The molecule has 3 amide bonds. The minimum Gasteiger partial charge on any atom is -0.353 e. The summed E-state index contributed by atoms with van der Waals surface area (Å²) < 4.78 is 0. The van der Waals surface area contributed by atoms with Crippen LogP contribution < -0.4 is 5.32 Å². The average Bonchev–Trinajstić information content (AvgIpc) is 2.83. The summed E-state index contributed by atoms with van der Waals surface area (Å²) in [4.78, 5) is 37.5. The van der Waals surface area contributed by atoms with Crippen molar-refractivity contribution in [3.63, 3.8) is 0 Å². The number of thioether (sulfide) groups is 2. The Kier molecular flexibility index (Phi) is 6.77. The van der Waals surface area contributed by atoms with Crippen molar-refractivity contribution in [3.05, 3.63) is 39.8 Å². The summed E-state index contributed by atoms with van der Waals surface area (Å²) in [6, 6.07) is 7.00. The molecule has 0 aromatic heterocycles. The Bertz CT molecular complexity index is 676. The maximum atomic E-state index is 12.3. The molecule has 1 N–H and O–H groups in total. The highest BCUT2D eigenvalue weighted by Gasteiger charge is 2.34. The Hall–Kier alpha value is -1.44. The zero-order chi connectivity index (χ0) is 17.7. The molecule has 1 saturated heterocycles. The fourth-order valence-corrected chi connectivity index (χ4v) is 3.23. The van der Waals surface area contributed by atoms with Crippen LogP contribution in [0.25, 0.3) is 6.08 Å². The zero-order valence-corrected chi connectivity index (χ0v) is 15.6. The molecule has 1 aromatic rings. The lowest BCUT2D eigenvalue weighted by molar-refractivity contribution is -0.124. The molecule has 0 aliphatic carbocycles. The van der Waals surface area contributed by atoms with Crippen molar-refractivity contribution < 1.29 is 14.4 Å². The molecule has 1 aliphatic rings. The minimum absolute atomic E-state index is 0.105. The van der Waals surface area contributed by atoms with Gasteiger partial charge in [-0.05, 0) is 48.7 Å². The fraction of sp³-hybridized carbons (Fsp3) is 0.312. The lowest BCUT2D eigenvalue weighted by Crippen LogP contribution is -2.39. The van der Waals surface area contributed by atoms with Crippen molar-refractivity contribution in [1.82, 2.24) is 10.2 Å². The van der Waals surface area contributed by atoms with Gasteiger partial charge in [0.05, 0.1) is 10.2 Å². The molecule has 1 atom stereocenters. The van der Waals surface area contributed by atoms with Gasteiger partial charge in [-0.25, -0.2) is 0 Å². The summed E-state index contributed by atoms with van der Waals surface area (Å²) in [7, 11) is 0. The van der Waals surface area contributed by atoms with Gasteiger partial charge in [0.1, 0.15) is 0 Å². The van der Waals surface area contributed by atoms with E-state index in [1.807, 2.05) is 6.26 Å². The molecular weight excluding hydrogens is 368 g/mol. The fourth-order valence-electron chi connectivity index (χ4n) is 1.94. The SMILES string of the molecule is CSC(C)C(=O)NCCN1C(=O)S/C(=C\c2ccc(Cl)cc2)C1=O.